The fraction of sp³-hybridized carbons (Fsp3) is 0.562. The van der Waals surface area contributed by atoms with E-state index >= 15 is 0 Å². The van der Waals surface area contributed by atoms with E-state index in [0.29, 0.717) is 12.2 Å². The molecule has 3 nitrogen and oxygen atoms in total. The maximum Gasteiger partial charge on any atom is 0.155 e. The minimum absolute atomic E-state index is 0.129. The molecule has 0 saturated carbocycles. The Bertz CT molecular complexity index is 490. The number of benzene rings is 1. The lowest BCUT2D eigenvalue weighted by atomic mass is 9.96. The average Bonchev–Trinajstić information content (AvgIpc) is 2.44. The standard InChI is InChI=1S/C16H22N2O/c1-12-3-4-14(9-13(12)2)10-16(19)15-11-17-5-7-18(15)8-6-17/h3-4,9,15H,5-8,10-11H2,1-2H3. The largest absolute Gasteiger partial charge is 0.299 e. The van der Waals surface area contributed by atoms with Gasteiger partial charge in [0.2, 0.25) is 0 Å². The van der Waals surface area contributed by atoms with E-state index in [1.165, 1.54) is 11.1 Å². The first-order valence-corrected chi connectivity index (χ1v) is 7.19. The molecule has 0 amide bonds. The van der Waals surface area contributed by atoms with Crippen LogP contribution < -0.4 is 0 Å². The Kier molecular flexibility index (Phi) is 3.42. The van der Waals surface area contributed by atoms with Gasteiger partial charge in [0, 0.05) is 39.1 Å². The second-order valence-electron chi connectivity index (χ2n) is 5.91. The fourth-order valence-electron chi connectivity index (χ4n) is 3.16. The van der Waals surface area contributed by atoms with Crippen LogP contribution >= 0.6 is 0 Å². The number of Topliss-reactive ketones (excluding diaryl/α,β-unsaturated/α-hetero) is 1. The van der Waals surface area contributed by atoms with Crippen LogP contribution in [-0.2, 0) is 11.2 Å². The summed E-state index contributed by atoms with van der Waals surface area (Å²) in [4.78, 5) is 17.3. The van der Waals surface area contributed by atoms with E-state index in [1.807, 2.05) is 0 Å². The van der Waals surface area contributed by atoms with Crippen LogP contribution in [0, 0.1) is 13.8 Å². The van der Waals surface area contributed by atoms with E-state index in [4.69, 9.17) is 0 Å². The SMILES string of the molecule is Cc1ccc(CC(=O)C2CN3CCN2CC3)cc1C. The lowest BCUT2D eigenvalue weighted by molar-refractivity contribution is -0.128. The molecule has 0 N–H and O–H groups in total. The van der Waals surface area contributed by atoms with Gasteiger partial charge in [-0.3, -0.25) is 14.6 Å². The summed E-state index contributed by atoms with van der Waals surface area (Å²) in [5.74, 6) is 0.382. The highest BCUT2D eigenvalue weighted by Gasteiger charge is 2.35. The normalized spacial score (nSPS) is 29.5. The zero-order chi connectivity index (χ0) is 13.4. The molecule has 1 atom stereocenters. The third kappa shape index (κ3) is 2.58. The predicted octanol–water partition coefficient (Wildman–Crippen LogP) is 1.41. The molecule has 102 valence electrons. The van der Waals surface area contributed by atoms with Crippen LogP contribution in [0.2, 0.25) is 0 Å². The Morgan fingerprint density at radius 2 is 1.89 bits per heavy atom. The molecule has 3 saturated heterocycles. The number of hydrogen-bond acceptors (Lipinski definition) is 3. The maximum absolute atomic E-state index is 12.5. The molecule has 1 aromatic rings. The van der Waals surface area contributed by atoms with E-state index in [0.717, 1.165) is 38.3 Å². The van der Waals surface area contributed by atoms with Gasteiger partial charge in [-0.15, -0.1) is 0 Å². The number of nitrogens with zero attached hydrogens (tertiary/aromatic N) is 2. The van der Waals surface area contributed by atoms with Gasteiger partial charge in [-0.2, -0.15) is 0 Å². The Morgan fingerprint density at radius 1 is 1.16 bits per heavy atom. The molecule has 1 unspecified atom stereocenters. The summed E-state index contributed by atoms with van der Waals surface area (Å²) in [6, 6.07) is 6.50. The van der Waals surface area contributed by atoms with Gasteiger partial charge in [0.15, 0.2) is 5.78 Å². The Morgan fingerprint density at radius 3 is 2.47 bits per heavy atom. The van der Waals surface area contributed by atoms with Crippen LogP contribution in [0.5, 0.6) is 0 Å². The number of aryl methyl sites for hydroxylation is 2. The highest BCUT2D eigenvalue weighted by molar-refractivity contribution is 5.86. The number of rotatable bonds is 3. The first-order chi connectivity index (χ1) is 9.13. The molecule has 3 aliphatic rings. The molecule has 3 heterocycles. The molecule has 19 heavy (non-hydrogen) atoms. The predicted molar refractivity (Wildman–Crippen MR) is 76.4 cm³/mol. The van der Waals surface area contributed by atoms with Gasteiger partial charge >= 0.3 is 0 Å². The first-order valence-electron chi connectivity index (χ1n) is 7.19. The summed E-state index contributed by atoms with van der Waals surface area (Å²) in [5, 5.41) is 0. The third-order valence-electron chi connectivity index (χ3n) is 4.60. The van der Waals surface area contributed by atoms with Crippen molar-refractivity contribution in [2.45, 2.75) is 26.3 Å². The lowest BCUT2D eigenvalue weighted by Crippen LogP contribution is -2.63. The van der Waals surface area contributed by atoms with Crippen molar-refractivity contribution in [3.63, 3.8) is 0 Å². The van der Waals surface area contributed by atoms with E-state index in [9.17, 15) is 4.79 Å². The number of carbonyl (C=O) groups excluding carboxylic acids is 1. The smallest absolute Gasteiger partial charge is 0.155 e. The Balaban J connectivity index is 1.69. The monoisotopic (exact) mass is 258 g/mol. The zero-order valence-electron chi connectivity index (χ0n) is 11.9. The Hall–Kier alpha value is -1.19. The summed E-state index contributed by atoms with van der Waals surface area (Å²) < 4.78 is 0. The van der Waals surface area contributed by atoms with Gasteiger partial charge < -0.3 is 0 Å². The molecule has 3 fully saturated rings. The molecular weight excluding hydrogens is 236 g/mol. The molecule has 0 spiro atoms. The number of carbonyl (C=O) groups is 1. The van der Waals surface area contributed by atoms with Crippen LogP contribution in [0.25, 0.3) is 0 Å². The number of fused-ring (bicyclic) bond motifs is 3. The van der Waals surface area contributed by atoms with Crippen molar-refractivity contribution in [1.82, 2.24) is 9.80 Å². The molecule has 2 bridgehead atoms. The molecule has 0 aromatic heterocycles. The van der Waals surface area contributed by atoms with E-state index < -0.39 is 0 Å². The molecule has 0 radical (unpaired) electrons. The van der Waals surface area contributed by atoms with Crippen LogP contribution in [0.4, 0.5) is 0 Å². The summed E-state index contributed by atoms with van der Waals surface area (Å²) in [7, 11) is 0. The highest BCUT2D eigenvalue weighted by atomic mass is 16.1. The number of hydrogen-bond donors (Lipinski definition) is 0. The van der Waals surface area contributed by atoms with Crippen molar-refractivity contribution in [2.24, 2.45) is 0 Å². The Labute approximate surface area is 115 Å². The van der Waals surface area contributed by atoms with Gasteiger partial charge in [0.05, 0.1) is 6.04 Å². The van der Waals surface area contributed by atoms with Gasteiger partial charge in [-0.1, -0.05) is 18.2 Å². The van der Waals surface area contributed by atoms with Gasteiger partial charge in [-0.25, -0.2) is 0 Å². The van der Waals surface area contributed by atoms with Gasteiger partial charge in [-0.05, 0) is 30.5 Å². The molecule has 1 aromatic carbocycles. The zero-order valence-corrected chi connectivity index (χ0v) is 11.9. The minimum atomic E-state index is 0.129. The van der Waals surface area contributed by atoms with E-state index in [2.05, 4.69) is 41.8 Å². The highest BCUT2D eigenvalue weighted by Crippen LogP contribution is 2.18. The minimum Gasteiger partial charge on any atom is -0.299 e. The second kappa shape index (κ2) is 5.06. The van der Waals surface area contributed by atoms with Crippen molar-refractivity contribution < 1.29 is 4.79 Å². The van der Waals surface area contributed by atoms with E-state index in [1.54, 1.807) is 0 Å². The fourth-order valence-corrected chi connectivity index (χ4v) is 3.16. The molecule has 3 aliphatic heterocycles. The van der Waals surface area contributed by atoms with Crippen molar-refractivity contribution in [1.29, 1.82) is 0 Å². The third-order valence-corrected chi connectivity index (χ3v) is 4.60. The van der Waals surface area contributed by atoms with Crippen molar-refractivity contribution in [2.75, 3.05) is 32.7 Å². The van der Waals surface area contributed by atoms with Crippen molar-refractivity contribution in [3.05, 3.63) is 34.9 Å². The maximum atomic E-state index is 12.5. The van der Waals surface area contributed by atoms with Crippen molar-refractivity contribution in [3.8, 4) is 0 Å². The summed E-state index contributed by atoms with van der Waals surface area (Å²) >= 11 is 0. The quantitative estimate of drug-likeness (QED) is 0.819. The van der Waals surface area contributed by atoms with Gasteiger partial charge in [0.1, 0.15) is 0 Å². The van der Waals surface area contributed by atoms with Crippen LogP contribution in [0.15, 0.2) is 18.2 Å². The summed E-state index contributed by atoms with van der Waals surface area (Å²) in [6.45, 7) is 9.54. The summed E-state index contributed by atoms with van der Waals surface area (Å²) in [6.07, 6.45) is 0.579. The molecular formula is C16H22N2O. The average molecular weight is 258 g/mol. The molecule has 0 aliphatic carbocycles. The number of ketones is 1. The van der Waals surface area contributed by atoms with E-state index in [-0.39, 0.29) is 6.04 Å². The number of piperazine rings is 3. The van der Waals surface area contributed by atoms with Crippen LogP contribution in [0.1, 0.15) is 16.7 Å². The lowest BCUT2D eigenvalue weighted by Gasteiger charge is -2.46. The first kappa shape index (κ1) is 12.8. The van der Waals surface area contributed by atoms with Crippen LogP contribution in [0.3, 0.4) is 0 Å². The van der Waals surface area contributed by atoms with Crippen molar-refractivity contribution >= 4 is 5.78 Å². The van der Waals surface area contributed by atoms with Gasteiger partial charge in [0.25, 0.3) is 0 Å². The molecule has 4 rings (SSSR count). The topological polar surface area (TPSA) is 23.6 Å². The van der Waals surface area contributed by atoms with Crippen LogP contribution in [-0.4, -0.2) is 54.3 Å². The molecule has 3 heteroatoms. The second-order valence-corrected chi connectivity index (χ2v) is 5.91. The summed E-state index contributed by atoms with van der Waals surface area (Å²) in [5.41, 5.74) is 3.73.